The Bertz CT molecular complexity index is 476. The van der Waals surface area contributed by atoms with Gasteiger partial charge in [-0.25, -0.2) is 0 Å². The number of aliphatic hydroxyl groups excluding tert-OH is 1. The molecule has 0 amide bonds. The second-order valence-corrected chi connectivity index (χ2v) is 5.27. The van der Waals surface area contributed by atoms with E-state index in [4.69, 9.17) is 4.74 Å². The van der Waals surface area contributed by atoms with Crippen LogP contribution in [-0.4, -0.2) is 23.1 Å². The van der Waals surface area contributed by atoms with E-state index in [1.165, 1.54) is 23.0 Å². The molecule has 0 aliphatic heterocycles. The Morgan fingerprint density at radius 1 is 1.15 bits per heavy atom. The molecule has 20 heavy (non-hydrogen) atoms. The number of esters is 1. The topological polar surface area (TPSA) is 72.8 Å². The van der Waals surface area contributed by atoms with Crippen LogP contribution in [0.15, 0.2) is 30.3 Å². The van der Waals surface area contributed by atoms with E-state index in [1.54, 1.807) is 0 Å². The predicted octanol–water partition coefficient (Wildman–Crippen LogP) is 2.01. The molecule has 2 rings (SSSR count). The SMILES string of the molecule is O=C(OI)[C@H]1C[C@@H](O)C[C@@H]1C(=O)OCc1ccccc1. The third-order valence-electron chi connectivity index (χ3n) is 3.44. The largest absolute Gasteiger partial charge is 0.461 e. The van der Waals surface area contributed by atoms with Gasteiger partial charge in [0.25, 0.3) is 0 Å². The Labute approximate surface area is 131 Å². The molecular formula is C14H15IO5. The van der Waals surface area contributed by atoms with Crippen molar-refractivity contribution >= 4 is 34.9 Å². The Hall–Kier alpha value is -1.15. The van der Waals surface area contributed by atoms with Crippen molar-refractivity contribution in [3.63, 3.8) is 0 Å². The van der Waals surface area contributed by atoms with Gasteiger partial charge in [0.15, 0.2) is 23.0 Å². The molecule has 5 nitrogen and oxygen atoms in total. The van der Waals surface area contributed by atoms with Crippen molar-refractivity contribution in [1.29, 1.82) is 0 Å². The number of hydrogen-bond donors (Lipinski definition) is 1. The van der Waals surface area contributed by atoms with Gasteiger partial charge in [0, 0.05) is 0 Å². The summed E-state index contributed by atoms with van der Waals surface area (Å²) in [6.07, 6.45) is -0.179. The fourth-order valence-electron chi connectivity index (χ4n) is 2.42. The molecule has 1 aromatic rings. The average Bonchev–Trinajstić information content (AvgIpc) is 2.87. The van der Waals surface area contributed by atoms with E-state index in [0.29, 0.717) is 0 Å². The van der Waals surface area contributed by atoms with E-state index >= 15 is 0 Å². The summed E-state index contributed by atoms with van der Waals surface area (Å²) in [5.74, 6) is -2.19. The zero-order valence-electron chi connectivity index (χ0n) is 10.7. The van der Waals surface area contributed by atoms with Crippen LogP contribution in [0.4, 0.5) is 0 Å². The lowest BCUT2D eigenvalue weighted by atomic mass is 9.96. The van der Waals surface area contributed by atoms with E-state index in [1.807, 2.05) is 30.3 Å². The Kier molecular flexibility index (Phi) is 5.36. The summed E-state index contributed by atoms with van der Waals surface area (Å²) in [7, 11) is 0. The van der Waals surface area contributed by atoms with Gasteiger partial charge in [-0.05, 0) is 18.4 Å². The maximum Gasteiger partial charge on any atom is 0.319 e. The highest BCUT2D eigenvalue weighted by molar-refractivity contribution is 14.1. The molecule has 3 atom stereocenters. The minimum absolute atomic E-state index is 0.165. The average molecular weight is 390 g/mol. The van der Waals surface area contributed by atoms with Crippen molar-refractivity contribution < 1.29 is 22.5 Å². The molecule has 0 aromatic heterocycles. The highest BCUT2D eigenvalue weighted by atomic mass is 127. The first-order chi connectivity index (χ1) is 9.61. The Morgan fingerprint density at radius 3 is 2.35 bits per heavy atom. The van der Waals surface area contributed by atoms with Gasteiger partial charge in [-0.1, -0.05) is 30.3 Å². The number of benzene rings is 1. The number of hydrogen-bond acceptors (Lipinski definition) is 5. The second kappa shape index (κ2) is 7.03. The Morgan fingerprint density at radius 2 is 1.75 bits per heavy atom. The van der Waals surface area contributed by atoms with E-state index in [0.717, 1.165) is 5.56 Å². The van der Waals surface area contributed by atoms with Gasteiger partial charge in [0.1, 0.15) is 6.61 Å². The molecule has 0 heterocycles. The van der Waals surface area contributed by atoms with Crippen LogP contribution in [0.25, 0.3) is 0 Å². The second-order valence-electron chi connectivity index (χ2n) is 4.83. The fourth-order valence-corrected chi connectivity index (χ4v) is 2.75. The molecule has 1 saturated carbocycles. The number of rotatable bonds is 4. The minimum Gasteiger partial charge on any atom is -0.461 e. The molecule has 1 aromatic carbocycles. The molecule has 0 bridgehead atoms. The monoisotopic (exact) mass is 390 g/mol. The van der Waals surface area contributed by atoms with Gasteiger partial charge in [0.2, 0.25) is 0 Å². The van der Waals surface area contributed by atoms with E-state index < -0.39 is 29.9 Å². The maximum absolute atomic E-state index is 12.1. The van der Waals surface area contributed by atoms with E-state index in [9.17, 15) is 14.7 Å². The van der Waals surface area contributed by atoms with Crippen molar-refractivity contribution in [3.8, 4) is 0 Å². The fraction of sp³-hybridized carbons (Fsp3) is 0.429. The molecule has 108 valence electrons. The maximum atomic E-state index is 12.1. The van der Waals surface area contributed by atoms with Crippen molar-refractivity contribution in [3.05, 3.63) is 35.9 Å². The molecule has 0 unspecified atom stereocenters. The molecule has 1 aliphatic rings. The van der Waals surface area contributed by atoms with Gasteiger partial charge < -0.3 is 12.9 Å². The zero-order chi connectivity index (χ0) is 14.5. The van der Waals surface area contributed by atoms with E-state index in [2.05, 4.69) is 3.07 Å². The zero-order valence-corrected chi connectivity index (χ0v) is 12.9. The van der Waals surface area contributed by atoms with Gasteiger partial charge in [0.05, 0.1) is 17.9 Å². The smallest absolute Gasteiger partial charge is 0.319 e. The summed E-state index contributed by atoms with van der Waals surface area (Å²) in [5, 5.41) is 9.63. The molecule has 1 aliphatic carbocycles. The summed E-state index contributed by atoms with van der Waals surface area (Å²) >= 11 is 1.49. The van der Waals surface area contributed by atoms with E-state index in [-0.39, 0.29) is 19.4 Å². The lowest BCUT2D eigenvalue weighted by Gasteiger charge is -2.15. The van der Waals surface area contributed by atoms with Crippen LogP contribution in [-0.2, 0) is 24.0 Å². The molecule has 1 fully saturated rings. The van der Waals surface area contributed by atoms with Crippen molar-refractivity contribution in [1.82, 2.24) is 0 Å². The minimum atomic E-state index is -0.662. The number of carbonyl (C=O) groups excluding carboxylic acids is 2. The van der Waals surface area contributed by atoms with Gasteiger partial charge in [-0.15, -0.1) is 0 Å². The normalized spacial score (nSPS) is 25.2. The highest BCUT2D eigenvalue weighted by Crippen LogP contribution is 2.34. The van der Waals surface area contributed by atoms with Gasteiger partial charge in [-0.2, -0.15) is 0 Å². The van der Waals surface area contributed by atoms with Crippen LogP contribution >= 0.6 is 23.0 Å². The van der Waals surface area contributed by atoms with Crippen molar-refractivity contribution in [2.45, 2.75) is 25.6 Å². The number of carbonyl (C=O) groups is 2. The van der Waals surface area contributed by atoms with Gasteiger partial charge >= 0.3 is 11.9 Å². The third-order valence-corrected chi connectivity index (χ3v) is 3.88. The predicted molar refractivity (Wildman–Crippen MR) is 78.6 cm³/mol. The molecule has 0 radical (unpaired) electrons. The van der Waals surface area contributed by atoms with Crippen LogP contribution in [0.2, 0.25) is 0 Å². The summed E-state index contributed by atoms with van der Waals surface area (Å²) < 4.78 is 9.86. The first kappa shape index (κ1) is 15.2. The highest BCUT2D eigenvalue weighted by Gasteiger charge is 2.44. The number of halogens is 1. The first-order valence-electron chi connectivity index (χ1n) is 6.33. The lowest BCUT2D eigenvalue weighted by molar-refractivity contribution is -0.155. The Balaban J connectivity index is 1.95. The van der Waals surface area contributed by atoms with Gasteiger partial charge in [-0.3, -0.25) is 9.59 Å². The number of ether oxygens (including phenoxy) is 1. The molecular weight excluding hydrogens is 375 g/mol. The molecule has 0 saturated heterocycles. The van der Waals surface area contributed by atoms with Crippen LogP contribution in [0.1, 0.15) is 18.4 Å². The van der Waals surface area contributed by atoms with Crippen LogP contribution < -0.4 is 0 Å². The molecule has 1 N–H and O–H groups in total. The lowest BCUT2D eigenvalue weighted by Crippen LogP contribution is -2.27. The third kappa shape index (κ3) is 3.69. The summed E-state index contributed by atoms with van der Waals surface area (Å²) in [6.45, 7) is 0.165. The summed E-state index contributed by atoms with van der Waals surface area (Å²) in [4.78, 5) is 23.7. The van der Waals surface area contributed by atoms with Crippen LogP contribution in [0, 0.1) is 11.8 Å². The van der Waals surface area contributed by atoms with Crippen molar-refractivity contribution in [2.75, 3.05) is 0 Å². The molecule has 0 spiro atoms. The summed E-state index contributed by atoms with van der Waals surface area (Å²) in [5.41, 5.74) is 0.882. The number of aliphatic hydroxyl groups is 1. The first-order valence-corrected chi connectivity index (χ1v) is 7.21. The quantitative estimate of drug-likeness (QED) is 0.629. The van der Waals surface area contributed by atoms with Crippen LogP contribution in [0.3, 0.4) is 0 Å². The summed E-state index contributed by atoms with van der Waals surface area (Å²) in [6, 6.07) is 9.31. The van der Waals surface area contributed by atoms with Crippen LogP contribution in [0.5, 0.6) is 0 Å². The molecule has 6 heteroatoms. The van der Waals surface area contributed by atoms with Crippen molar-refractivity contribution in [2.24, 2.45) is 11.8 Å². The standard InChI is InChI=1S/C14H15IO5/c15-20-14(18)12-7-10(16)6-11(12)13(17)19-8-9-4-2-1-3-5-9/h1-5,10-12,16H,6-8H2/t10-,11-,12-/m0/s1.